The smallest absolute Gasteiger partial charge is 0.244 e. The van der Waals surface area contributed by atoms with Gasteiger partial charge in [-0.1, -0.05) is 0 Å². The third-order valence-electron chi connectivity index (χ3n) is 1.93. The van der Waals surface area contributed by atoms with Crippen LogP contribution in [0.1, 0.15) is 6.42 Å². The average molecular weight is 243 g/mol. The van der Waals surface area contributed by atoms with Crippen molar-refractivity contribution in [2.24, 2.45) is 0 Å². The Kier molecular flexibility index (Phi) is 3.93. The van der Waals surface area contributed by atoms with Gasteiger partial charge in [-0.3, -0.25) is 4.98 Å². The van der Waals surface area contributed by atoms with Gasteiger partial charge in [0.05, 0.1) is 12.3 Å². The van der Waals surface area contributed by atoms with Crippen LogP contribution in [-0.4, -0.2) is 31.3 Å². The van der Waals surface area contributed by atoms with Gasteiger partial charge < -0.3 is 0 Å². The molecule has 0 aliphatic heterocycles. The molecule has 0 saturated carbocycles. The second kappa shape index (κ2) is 5.01. The van der Waals surface area contributed by atoms with Crippen LogP contribution in [0.15, 0.2) is 23.4 Å². The molecule has 0 spiro atoms. The number of rotatable bonds is 4. The first-order valence-corrected chi connectivity index (χ1v) is 5.86. The molecule has 0 bridgehead atoms. The summed E-state index contributed by atoms with van der Waals surface area (Å²) in [6, 6.07) is 2.73. The lowest BCUT2D eigenvalue weighted by Gasteiger charge is -2.15. The highest BCUT2D eigenvalue weighted by Gasteiger charge is 2.21. The van der Waals surface area contributed by atoms with Gasteiger partial charge in [-0.15, -0.1) is 0 Å². The summed E-state index contributed by atoms with van der Waals surface area (Å²) < 4.78 is 37.4. The normalized spacial score (nSPS) is 11.4. The molecule has 5 nitrogen and oxygen atoms in total. The molecule has 0 unspecified atom stereocenters. The van der Waals surface area contributed by atoms with Gasteiger partial charge in [-0.2, -0.15) is 9.57 Å². The lowest BCUT2D eigenvalue weighted by atomic mass is 10.5. The zero-order valence-corrected chi connectivity index (χ0v) is 9.41. The van der Waals surface area contributed by atoms with Gasteiger partial charge >= 0.3 is 0 Å². The van der Waals surface area contributed by atoms with E-state index in [1.165, 1.54) is 7.05 Å². The van der Waals surface area contributed by atoms with Crippen molar-refractivity contribution in [3.05, 3.63) is 24.3 Å². The Morgan fingerprint density at radius 2 is 2.25 bits per heavy atom. The third-order valence-corrected chi connectivity index (χ3v) is 3.75. The van der Waals surface area contributed by atoms with Crippen LogP contribution in [-0.2, 0) is 10.0 Å². The molecule has 0 fully saturated rings. The molecule has 0 aliphatic rings. The van der Waals surface area contributed by atoms with Crippen molar-refractivity contribution < 1.29 is 12.8 Å². The van der Waals surface area contributed by atoms with Gasteiger partial charge in [0, 0.05) is 26.2 Å². The Balaban J connectivity index is 2.98. The van der Waals surface area contributed by atoms with E-state index in [1.54, 1.807) is 0 Å². The first-order valence-electron chi connectivity index (χ1n) is 4.42. The molecule has 1 rings (SSSR count). The summed E-state index contributed by atoms with van der Waals surface area (Å²) in [6.45, 7) is 0.0648. The zero-order valence-electron chi connectivity index (χ0n) is 8.59. The van der Waals surface area contributed by atoms with Crippen molar-refractivity contribution in [3.63, 3.8) is 0 Å². The number of hydrogen-bond acceptors (Lipinski definition) is 4. The predicted molar refractivity (Wildman–Crippen MR) is 54.2 cm³/mol. The van der Waals surface area contributed by atoms with E-state index < -0.39 is 15.8 Å². The van der Waals surface area contributed by atoms with E-state index in [0.717, 1.165) is 22.8 Å². The Morgan fingerprint density at radius 1 is 1.56 bits per heavy atom. The molecule has 0 N–H and O–H groups in total. The lowest BCUT2D eigenvalue weighted by molar-refractivity contribution is 0.475. The van der Waals surface area contributed by atoms with E-state index in [1.807, 2.05) is 6.07 Å². The van der Waals surface area contributed by atoms with Gasteiger partial charge in [0.15, 0.2) is 0 Å². The highest BCUT2D eigenvalue weighted by molar-refractivity contribution is 7.89. The molecular weight excluding hydrogens is 233 g/mol. The first-order chi connectivity index (χ1) is 7.48. The molecule has 7 heteroatoms. The van der Waals surface area contributed by atoms with E-state index >= 15 is 0 Å². The third kappa shape index (κ3) is 2.74. The van der Waals surface area contributed by atoms with Gasteiger partial charge in [0.25, 0.3) is 0 Å². The molecule has 0 radical (unpaired) electrons. The van der Waals surface area contributed by atoms with E-state index in [-0.39, 0.29) is 17.9 Å². The van der Waals surface area contributed by atoms with Crippen LogP contribution < -0.4 is 0 Å². The molecule has 0 atom stereocenters. The minimum Gasteiger partial charge on any atom is -0.260 e. The summed E-state index contributed by atoms with van der Waals surface area (Å²) in [7, 11) is -2.42. The zero-order chi connectivity index (χ0) is 12.2. The number of sulfonamides is 1. The van der Waals surface area contributed by atoms with Gasteiger partial charge in [0.2, 0.25) is 10.0 Å². The molecule has 1 heterocycles. The topological polar surface area (TPSA) is 74.1 Å². The summed E-state index contributed by atoms with van der Waals surface area (Å²) in [4.78, 5) is 3.25. The van der Waals surface area contributed by atoms with E-state index in [9.17, 15) is 12.8 Å². The Morgan fingerprint density at radius 3 is 2.81 bits per heavy atom. The van der Waals surface area contributed by atoms with Crippen molar-refractivity contribution >= 4 is 10.0 Å². The summed E-state index contributed by atoms with van der Waals surface area (Å²) in [5.41, 5.74) is 0. The number of hydrogen-bond donors (Lipinski definition) is 0. The Labute approximate surface area is 93.2 Å². The van der Waals surface area contributed by atoms with Crippen LogP contribution in [0.3, 0.4) is 0 Å². The maximum atomic E-state index is 12.8. The highest BCUT2D eigenvalue weighted by atomic mass is 32.2. The summed E-state index contributed by atoms with van der Waals surface area (Å²) in [5, 5.41) is 8.35. The van der Waals surface area contributed by atoms with Crippen molar-refractivity contribution in [2.75, 3.05) is 13.6 Å². The van der Waals surface area contributed by atoms with Crippen molar-refractivity contribution in [1.82, 2.24) is 9.29 Å². The van der Waals surface area contributed by atoms with Gasteiger partial charge in [-0.25, -0.2) is 12.8 Å². The number of nitrogens with zero attached hydrogens (tertiary/aromatic N) is 3. The summed E-state index contributed by atoms with van der Waals surface area (Å²) in [6.07, 6.45) is 2.08. The van der Waals surface area contributed by atoms with Crippen molar-refractivity contribution in [1.29, 1.82) is 5.26 Å². The van der Waals surface area contributed by atoms with Gasteiger partial charge in [-0.05, 0) is 6.07 Å². The monoisotopic (exact) mass is 243 g/mol. The number of aromatic nitrogens is 1. The van der Waals surface area contributed by atoms with Crippen LogP contribution in [0.5, 0.6) is 0 Å². The molecule has 0 saturated heterocycles. The van der Waals surface area contributed by atoms with Crippen molar-refractivity contribution in [3.8, 4) is 6.07 Å². The first kappa shape index (κ1) is 12.5. The molecular formula is C9H10FN3O2S. The average Bonchev–Trinajstić information content (AvgIpc) is 2.25. The molecule has 1 aromatic rings. The second-order valence-corrected chi connectivity index (χ2v) is 5.12. The molecule has 1 aromatic heterocycles. The van der Waals surface area contributed by atoms with Crippen LogP contribution in [0.25, 0.3) is 0 Å². The van der Waals surface area contributed by atoms with Crippen LogP contribution in [0.4, 0.5) is 4.39 Å². The van der Waals surface area contributed by atoms with Gasteiger partial charge in [0.1, 0.15) is 10.7 Å². The maximum Gasteiger partial charge on any atom is 0.244 e. The fraction of sp³-hybridized carbons (Fsp3) is 0.333. The largest absolute Gasteiger partial charge is 0.260 e. The second-order valence-electron chi connectivity index (χ2n) is 3.07. The van der Waals surface area contributed by atoms with Crippen molar-refractivity contribution in [2.45, 2.75) is 11.3 Å². The standard InChI is InChI=1S/C9H10FN3O2S/c1-13(4-2-3-11)16(14,15)9-5-8(10)6-12-7-9/h5-7H,2,4H2,1H3. The van der Waals surface area contributed by atoms with E-state index in [4.69, 9.17) is 5.26 Å². The molecule has 16 heavy (non-hydrogen) atoms. The lowest BCUT2D eigenvalue weighted by Crippen LogP contribution is -2.28. The molecule has 86 valence electrons. The van der Waals surface area contributed by atoms with E-state index in [0.29, 0.717) is 0 Å². The van der Waals surface area contributed by atoms with Crippen LogP contribution in [0.2, 0.25) is 0 Å². The number of halogens is 1. The van der Waals surface area contributed by atoms with Crippen LogP contribution >= 0.6 is 0 Å². The quantitative estimate of drug-likeness (QED) is 0.782. The number of pyridine rings is 1. The summed E-state index contributed by atoms with van der Waals surface area (Å²) in [5.74, 6) is -0.713. The summed E-state index contributed by atoms with van der Waals surface area (Å²) >= 11 is 0. The minimum atomic E-state index is -3.75. The molecule has 0 aliphatic carbocycles. The van der Waals surface area contributed by atoms with Crippen LogP contribution in [0, 0.1) is 17.1 Å². The number of nitriles is 1. The predicted octanol–water partition coefficient (Wildman–Crippen LogP) is 0.755. The highest BCUT2D eigenvalue weighted by Crippen LogP contribution is 2.13. The minimum absolute atomic E-state index is 0.0648. The Bertz CT molecular complexity index is 510. The fourth-order valence-corrected chi connectivity index (χ4v) is 2.19. The Hall–Kier alpha value is -1.52. The fourth-order valence-electron chi connectivity index (χ4n) is 1.04. The molecule has 0 amide bonds. The molecule has 0 aromatic carbocycles. The SMILES string of the molecule is CN(CCC#N)S(=O)(=O)c1cncc(F)c1. The maximum absolute atomic E-state index is 12.8. The van der Waals surface area contributed by atoms with E-state index in [2.05, 4.69) is 4.98 Å².